The van der Waals surface area contributed by atoms with Crippen molar-refractivity contribution in [3.05, 3.63) is 23.8 Å². The van der Waals surface area contributed by atoms with Gasteiger partial charge in [-0.2, -0.15) is 0 Å². The smallest absolute Gasteiger partial charge is 0.160 e. The van der Waals surface area contributed by atoms with Crippen LogP contribution in [0.5, 0.6) is 11.5 Å². The average molecular weight is 533 g/mol. The molecule has 3 N–H and O–H groups in total. The number of rotatable bonds is 20. The van der Waals surface area contributed by atoms with E-state index in [0.29, 0.717) is 5.75 Å². The van der Waals surface area contributed by atoms with Crippen molar-refractivity contribution in [1.82, 2.24) is 20.4 Å². The van der Waals surface area contributed by atoms with Gasteiger partial charge in [0.1, 0.15) is 0 Å². The summed E-state index contributed by atoms with van der Waals surface area (Å²) < 4.78 is 5.24. The van der Waals surface area contributed by atoms with Gasteiger partial charge in [0.15, 0.2) is 11.5 Å². The summed E-state index contributed by atoms with van der Waals surface area (Å²) in [6.07, 6.45) is 11.5. The highest BCUT2D eigenvalue weighted by atomic mass is 16.5. The first-order valence-corrected chi connectivity index (χ1v) is 15.6. The Morgan fingerprint density at radius 2 is 1.53 bits per heavy atom. The molecular formula is C32H60N4O2. The Bertz CT molecular complexity index is 733. The number of nitrogens with one attached hydrogen (secondary N) is 2. The van der Waals surface area contributed by atoms with Crippen molar-refractivity contribution in [2.24, 2.45) is 11.8 Å². The average Bonchev–Trinajstić information content (AvgIpc) is 2.91. The van der Waals surface area contributed by atoms with Crippen molar-refractivity contribution in [3.63, 3.8) is 0 Å². The summed E-state index contributed by atoms with van der Waals surface area (Å²) in [5.41, 5.74) is 1.28. The summed E-state index contributed by atoms with van der Waals surface area (Å²) in [6.45, 7) is 20.5. The maximum absolute atomic E-state index is 9.81. The Morgan fingerprint density at radius 1 is 0.921 bits per heavy atom. The molecule has 220 valence electrons. The molecule has 0 aromatic heterocycles. The molecule has 1 fully saturated rings. The molecule has 1 aromatic carbocycles. The van der Waals surface area contributed by atoms with Crippen LogP contribution in [0.2, 0.25) is 0 Å². The lowest BCUT2D eigenvalue weighted by Crippen LogP contribution is -2.65. The monoisotopic (exact) mass is 532 g/mol. The van der Waals surface area contributed by atoms with Crippen LogP contribution in [0, 0.1) is 11.8 Å². The minimum Gasteiger partial charge on any atom is -0.504 e. The molecule has 0 radical (unpaired) electrons. The third-order valence-electron chi connectivity index (χ3n) is 8.35. The Labute approximate surface area is 234 Å². The molecule has 1 saturated heterocycles. The standard InChI is InChI=1S/C32H60N4O2/c1-7-11-13-27(9-3)22-35-24-32(5,25-36(26-35)23-28(10-4)14-12-8-2)34-20-19-33-18-17-29-15-16-30(37)31(21-29)38-6/h15-16,21,27-28,33-34,37H,7-14,17-20,22-26H2,1-6H3. The van der Waals surface area contributed by atoms with Gasteiger partial charge in [-0.15, -0.1) is 0 Å². The summed E-state index contributed by atoms with van der Waals surface area (Å²) in [7, 11) is 1.60. The largest absolute Gasteiger partial charge is 0.504 e. The minimum absolute atomic E-state index is 0.107. The molecule has 0 bridgehead atoms. The van der Waals surface area contributed by atoms with E-state index < -0.39 is 0 Å². The van der Waals surface area contributed by atoms with Gasteiger partial charge in [0, 0.05) is 44.8 Å². The summed E-state index contributed by atoms with van der Waals surface area (Å²) in [5.74, 6) is 2.36. The number of hydrogen-bond acceptors (Lipinski definition) is 6. The van der Waals surface area contributed by atoms with Crippen molar-refractivity contribution in [3.8, 4) is 11.5 Å². The van der Waals surface area contributed by atoms with Gasteiger partial charge in [-0.05, 0) is 62.3 Å². The van der Waals surface area contributed by atoms with Crippen molar-refractivity contribution >= 4 is 0 Å². The second-order valence-electron chi connectivity index (χ2n) is 12.0. The second-order valence-corrected chi connectivity index (χ2v) is 12.0. The molecule has 1 heterocycles. The predicted molar refractivity (Wildman–Crippen MR) is 162 cm³/mol. The topological polar surface area (TPSA) is 60.0 Å². The molecule has 2 rings (SSSR count). The van der Waals surface area contributed by atoms with Crippen LogP contribution in [0.3, 0.4) is 0 Å². The molecule has 6 nitrogen and oxygen atoms in total. The fraction of sp³-hybridized carbons (Fsp3) is 0.812. The van der Waals surface area contributed by atoms with Crippen LogP contribution in [-0.4, -0.2) is 80.0 Å². The Hall–Kier alpha value is -1.34. The van der Waals surface area contributed by atoms with E-state index in [4.69, 9.17) is 4.74 Å². The van der Waals surface area contributed by atoms with E-state index in [-0.39, 0.29) is 11.3 Å². The van der Waals surface area contributed by atoms with Gasteiger partial charge < -0.3 is 20.5 Å². The van der Waals surface area contributed by atoms with E-state index in [1.807, 2.05) is 12.1 Å². The molecule has 0 aliphatic carbocycles. The van der Waals surface area contributed by atoms with Crippen LogP contribution in [0.1, 0.15) is 91.5 Å². The predicted octanol–water partition coefficient (Wildman–Crippen LogP) is 5.89. The Kier molecular flexibility index (Phi) is 15.6. The summed E-state index contributed by atoms with van der Waals surface area (Å²) in [6, 6.07) is 5.61. The van der Waals surface area contributed by atoms with Crippen molar-refractivity contribution < 1.29 is 9.84 Å². The van der Waals surface area contributed by atoms with Gasteiger partial charge in [-0.3, -0.25) is 9.80 Å². The number of unbranched alkanes of at least 4 members (excludes halogenated alkanes) is 2. The van der Waals surface area contributed by atoms with E-state index in [1.54, 1.807) is 13.2 Å². The highest BCUT2D eigenvalue weighted by Crippen LogP contribution is 2.26. The fourth-order valence-electron chi connectivity index (χ4n) is 6.03. The lowest BCUT2D eigenvalue weighted by Gasteiger charge is -2.48. The lowest BCUT2D eigenvalue weighted by atomic mass is 9.93. The lowest BCUT2D eigenvalue weighted by molar-refractivity contribution is 0.00520. The zero-order valence-corrected chi connectivity index (χ0v) is 25.7. The van der Waals surface area contributed by atoms with Gasteiger partial charge in [-0.25, -0.2) is 0 Å². The first-order valence-electron chi connectivity index (χ1n) is 15.6. The highest BCUT2D eigenvalue weighted by molar-refractivity contribution is 5.41. The van der Waals surface area contributed by atoms with Gasteiger partial charge in [0.25, 0.3) is 0 Å². The van der Waals surface area contributed by atoms with Gasteiger partial charge in [0.05, 0.1) is 13.8 Å². The quantitative estimate of drug-likeness (QED) is 0.182. The molecular weight excluding hydrogens is 472 g/mol. The van der Waals surface area contributed by atoms with Crippen molar-refractivity contribution in [2.45, 2.75) is 97.9 Å². The van der Waals surface area contributed by atoms with E-state index in [0.717, 1.165) is 57.6 Å². The van der Waals surface area contributed by atoms with Crippen molar-refractivity contribution in [1.29, 1.82) is 0 Å². The second kappa shape index (κ2) is 18.1. The number of aromatic hydroxyl groups is 1. The third kappa shape index (κ3) is 11.8. The number of phenols is 1. The Morgan fingerprint density at radius 3 is 2.05 bits per heavy atom. The van der Waals surface area contributed by atoms with E-state index >= 15 is 0 Å². The number of benzene rings is 1. The van der Waals surface area contributed by atoms with Crippen LogP contribution in [-0.2, 0) is 6.42 Å². The number of phenolic OH excluding ortho intramolecular Hbond substituents is 1. The van der Waals surface area contributed by atoms with E-state index in [1.165, 1.54) is 70.0 Å². The summed E-state index contributed by atoms with van der Waals surface area (Å²) in [5, 5.41) is 17.4. The molecule has 0 spiro atoms. The SMILES string of the molecule is CCCCC(CC)CN1CN(CC(CC)CCCC)CC(C)(NCCNCCc2ccc(O)c(OC)c2)C1. The molecule has 0 amide bonds. The highest BCUT2D eigenvalue weighted by Gasteiger charge is 2.35. The third-order valence-corrected chi connectivity index (χ3v) is 8.35. The number of methoxy groups -OCH3 is 1. The maximum Gasteiger partial charge on any atom is 0.160 e. The first kappa shape index (κ1) is 32.9. The summed E-state index contributed by atoms with van der Waals surface area (Å²) in [4.78, 5) is 5.50. The van der Waals surface area contributed by atoms with Crippen LogP contribution >= 0.6 is 0 Å². The van der Waals surface area contributed by atoms with Crippen LogP contribution in [0.15, 0.2) is 18.2 Å². The number of hydrogen-bond donors (Lipinski definition) is 3. The van der Waals surface area contributed by atoms with E-state index in [9.17, 15) is 5.11 Å². The molecule has 1 aliphatic rings. The Balaban J connectivity index is 1.89. The van der Waals surface area contributed by atoms with Gasteiger partial charge in [0.2, 0.25) is 0 Å². The molecule has 2 atom stereocenters. The van der Waals surface area contributed by atoms with Gasteiger partial charge in [-0.1, -0.05) is 72.3 Å². The van der Waals surface area contributed by atoms with Crippen LogP contribution in [0.25, 0.3) is 0 Å². The van der Waals surface area contributed by atoms with Crippen LogP contribution in [0.4, 0.5) is 0 Å². The van der Waals surface area contributed by atoms with Crippen LogP contribution < -0.4 is 15.4 Å². The molecule has 1 aliphatic heterocycles. The molecule has 1 aromatic rings. The molecule has 0 saturated carbocycles. The van der Waals surface area contributed by atoms with Gasteiger partial charge >= 0.3 is 0 Å². The number of nitrogens with zero attached hydrogens (tertiary/aromatic N) is 2. The normalized spacial score (nSPS) is 20.5. The maximum atomic E-state index is 9.81. The first-order chi connectivity index (χ1) is 18.4. The zero-order valence-electron chi connectivity index (χ0n) is 25.7. The van der Waals surface area contributed by atoms with E-state index in [2.05, 4.69) is 55.1 Å². The zero-order chi connectivity index (χ0) is 27.8. The molecule has 2 unspecified atom stereocenters. The summed E-state index contributed by atoms with van der Waals surface area (Å²) >= 11 is 0. The van der Waals surface area contributed by atoms with Crippen molar-refractivity contribution in [2.75, 3.05) is 59.6 Å². The minimum atomic E-state index is 0.107. The number of ether oxygens (including phenoxy) is 1. The molecule has 38 heavy (non-hydrogen) atoms. The molecule has 6 heteroatoms. The fourth-order valence-corrected chi connectivity index (χ4v) is 6.03.